The molecule has 0 bridgehead atoms. The molecule has 0 unspecified atom stereocenters. The largest absolute Gasteiger partial charge is 0.296 e. The second kappa shape index (κ2) is 5.81. The van der Waals surface area contributed by atoms with Gasteiger partial charge in [0.05, 0.1) is 4.88 Å². The van der Waals surface area contributed by atoms with Gasteiger partial charge in [0.1, 0.15) is 0 Å². The average molecular weight is 312 g/mol. The summed E-state index contributed by atoms with van der Waals surface area (Å²) in [5.41, 5.74) is 0. The highest BCUT2D eigenvalue weighted by atomic mass is 32.2. The predicted octanol–water partition coefficient (Wildman–Crippen LogP) is 4.52. The minimum absolute atomic E-state index is 0.506. The Kier molecular flexibility index (Phi) is 4.10. The number of H-pyrrole nitrogens is 1. The molecule has 0 amide bonds. The lowest BCUT2D eigenvalue weighted by atomic mass is 9.94. The number of nitrogens with one attached hydrogen (secondary N) is 1. The highest BCUT2D eigenvalue weighted by Gasteiger charge is 2.25. The molecule has 0 aromatic carbocycles. The summed E-state index contributed by atoms with van der Waals surface area (Å²) >= 11 is 9.14. The summed E-state index contributed by atoms with van der Waals surface area (Å²) in [4.78, 5) is 1.19. The number of nitrogens with zero attached hydrogens (tertiary/aromatic N) is 2. The Morgan fingerprint density at radius 1 is 1.42 bits per heavy atom. The van der Waals surface area contributed by atoms with Crippen LogP contribution in [0.3, 0.4) is 0 Å². The van der Waals surface area contributed by atoms with E-state index < -0.39 is 0 Å². The second-order valence-corrected chi connectivity index (χ2v) is 7.34. The molecule has 0 aliphatic heterocycles. The number of aromatic amines is 1. The van der Waals surface area contributed by atoms with Gasteiger partial charge < -0.3 is 0 Å². The summed E-state index contributed by atoms with van der Waals surface area (Å²) in [6.45, 7) is 0. The fourth-order valence-electron chi connectivity index (χ4n) is 2.76. The van der Waals surface area contributed by atoms with Crippen molar-refractivity contribution < 1.29 is 0 Å². The third-order valence-electron chi connectivity index (χ3n) is 3.79. The molecule has 1 fully saturated rings. The first-order valence-electron chi connectivity index (χ1n) is 6.53. The van der Waals surface area contributed by atoms with Crippen LogP contribution in [0.15, 0.2) is 17.5 Å². The van der Waals surface area contributed by atoms with Gasteiger partial charge in [-0.2, -0.15) is 16.9 Å². The monoisotopic (exact) mass is 311 g/mol. The molecule has 1 aliphatic rings. The number of aromatic nitrogens is 3. The van der Waals surface area contributed by atoms with E-state index in [-0.39, 0.29) is 0 Å². The number of hydrogen-bond donors (Lipinski definition) is 1. The molecule has 1 aliphatic carbocycles. The molecule has 0 radical (unpaired) electrons. The summed E-state index contributed by atoms with van der Waals surface area (Å²) in [5.74, 6) is 1.01. The van der Waals surface area contributed by atoms with Gasteiger partial charge in [-0.25, -0.2) is 0 Å². The van der Waals surface area contributed by atoms with E-state index in [1.807, 2.05) is 11.8 Å². The van der Waals surface area contributed by atoms with Gasteiger partial charge in [0.25, 0.3) is 0 Å². The Morgan fingerprint density at radius 3 is 2.84 bits per heavy atom. The van der Waals surface area contributed by atoms with Gasteiger partial charge in [-0.1, -0.05) is 6.07 Å². The van der Waals surface area contributed by atoms with E-state index in [0.29, 0.717) is 6.04 Å². The quantitative estimate of drug-likeness (QED) is 0.846. The van der Waals surface area contributed by atoms with Crippen LogP contribution in [0.1, 0.15) is 31.7 Å². The molecule has 0 saturated heterocycles. The maximum Gasteiger partial charge on any atom is 0.195 e. The average Bonchev–Trinajstić information content (AvgIpc) is 3.08. The van der Waals surface area contributed by atoms with Gasteiger partial charge in [-0.05, 0) is 55.6 Å². The summed E-state index contributed by atoms with van der Waals surface area (Å²) in [6.07, 6.45) is 7.19. The van der Waals surface area contributed by atoms with E-state index in [1.54, 1.807) is 11.3 Å². The molecule has 3 rings (SSSR count). The van der Waals surface area contributed by atoms with Crippen molar-refractivity contribution in [3.8, 4) is 10.7 Å². The van der Waals surface area contributed by atoms with Crippen molar-refractivity contribution >= 4 is 35.3 Å². The highest BCUT2D eigenvalue weighted by Crippen LogP contribution is 2.36. The van der Waals surface area contributed by atoms with Gasteiger partial charge in [-0.3, -0.25) is 9.67 Å². The van der Waals surface area contributed by atoms with Crippen LogP contribution >= 0.6 is 35.3 Å². The molecule has 2 heterocycles. The fourth-order valence-corrected chi connectivity index (χ4v) is 4.50. The molecular formula is C13H17N3S3. The first kappa shape index (κ1) is 13.4. The van der Waals surface area contributed by atoms with E-state index in [1.165, 1.54) is 30.6 Å². The van der Waals surface area contributed by atoms with Gasteiger partial charge >= 0.3 is 0 Å². The highest BCUT2D eigenvalue weighted by molar-refractivity contribution is 7.99. The Morgan fingerprint density at radius 2 is 2.21 bits per heavy atom. The lowest BCUT2D eigenvalue weighted by Crippen LogP contribution is -2.20. The smallest absolute Gasteiger partial charge is 0.195 e. The van der Waals surface area contributed by atoms with E-state index in [4.69, 9.17) is 12.2 Å². The second-order valence-electron chi connectivity index (χ2n) is 4.87. The maximum absolute atomic E-state index is 5.43. The molecule has 1 saturated carbocycles. The number of thioether (sulfide) groups is 1. The van der Waals surface area contributed by atoms with Crippen LogP contribution in [-0.4, -0.2) is 26.3 Å². The predicted molar refractivity (Wildman–Crippen MR) is 85.5 cm³/mol. The normalized spacial score (nSPS) is 23.6. The van der Waals surface area contributed by atoms with Gasteiger partial charge in [-0.15, -0.1) is 11.3 Å². The van der Waals surface area contributed by atoms with E-state index in [2.05, 4.69) is 38.5 Å². The first-order chi connectivity index (χ1) is 9.29. The fraction of sp³-hybridized carbons (Fsp3) is 0.538. The van der Waals surface area contributed by atoms with Crippen molar-refractivity contribution in [3.05, 3.63) is 22.3 Å². The molecule has 3 nitrogen and oxygen atoms in total. The van der Waals surface area contributed by atoms with Crippen LogP contribution in [0.25, 0.3) is 10.7 Å². The molecule has 19 heavy (non-hydrogen) atoms. The van der Waals surface area contributed by atoms with Gasteiger partial charge in [0, 0.05) is 11.3 Å². The van der Waals surface area contributed by atoms with Crippen LogP contribution in [0.2, 0.25) is 0 Å². The lowest BCUT2D eigenvalue weighted by molar-refractivity contribution is 0.359. The standard InChI is InChI=1S/C13H17N3S3/c1-18-10-6-4-9(5-7-10)16-12(14-15-13(16)17)11-3-2-8-19-11/h2-3,8-10H,4-7H2,1H3,(H,15,17). The molecule has 1 N–H and O–H groups in total. The van der Waals surface area contributed by atoms with Crippen molar-refractivity contribution in [2.75, 3.05) is 6.26 Å². The molecule has 0 spiro atoms. The minimum Gasteiger partial charge on any atom is -0.296 e. The zero-order chi connectivity index (χ0) is 13.2. The third-order valence-corrected chi connectivity index (χ3v) is 6.08. The topological polar surface area (TPSA) is 33.6 Å². The van der Waals surface area contributed by atoms with Crippen LogP contribution in [0, 0.1) is 4.77 Å². The Labute approximate surface area is 126 Å². The third kappa shape index (κ3) is 2.66. The zero-order valence-electron chi connectivity index (χ0n) is 10.8. The van der Waals surface area contributed by atoms with Crippen molar-refractivity contribution in [2.45, 2.75) is 37.0 Å². The molecular weight excluding hydrogens is 294 g/mol. The summed E-state index contributed by atoms with van der Waals surface area (Å²) < 4.78 is 2.99. The Hall–Kier alpha value is -0.590. The molecule has 102 valence electrons. The van der Waals surface area contributed by atoms with Crippen molar-refractivity contribution in [1.29, 1.82) is 0 Å². The summed E-state index contributed by atoms with van der Waals surface area (Å²) in [6, 6.07) is 4.68. The zero-order valence-corrected chi connectivity index (χ0v) is 13.3. The van der Waals surface area contributed by atoms with Crippen LogP contribution in [-0.2, 0) is 0 Å². The van der Waals surface area contributed by atoms with Crippen LogP contribution < -0.4 is 0 Å². The summed E-state index contributed by atoms with van der Waals surface area (Å²) in [7, 11) is 0. The molecule has 2 aromatic heterocycles. The van der Waals surface area contributed by atoms with Crippen molar-refractivity contribution in [1.82, 2.24) is 14.8 Å². The molecule has 6 heteroatoms. The minimum atomic E-state index is 0.506. The van der Waals surface area contributed by atoms with Crippen LogP contribution in [0.5, 0.6) is 0 Å². The lowest BCUT2D eigenvalue weighted by Gasteiger charge is -2.28. The Balaban J connectivity index is 1.89. The van der Waals surface area contributed by atoms with Crippen LogP contribution in [0.4, 0.5) is 0 Å². The Bertz CT molecular complexity index is 577. The molecule has 2 aromatic rings. The van der Waals surface area contributed by atoms with Gasteiger partial charge in [0.2, 0.25) is 0 Å². The number of thiophene rings is 1. The van der Waals surface area contributed by atoms with Crippen molar-refractivity contribution in [3.63, 3.8) is 0 Å². The SMILES string of the molecule is CSC1CCC(n2c(-c3cccs3)n[nH]c2=S)CC1. The van der Waals surface area contributed by atoms with E-state index in [0.717, 1.165) is 15.8 Å². The van der Waals surface area contributed by atoms with E-state index >= 15 is 0 Å². The van der Waals surface area contributed by atoms with E-state index in [9.17, 15) is 0 Å². The maximum atomic E-state index is 5.43. The van der Waals surface area contributed by atoms with Crippen molar-refractivity contribution in [2.24, 2.45) is 0 Å². The number of hydrogen-bond acceptors (Lipinski definition) is 4. The number of rotatable bonds is 3. The summed E-state index contributed by atoms with van der Waals surface area (Å²) in [5, 5.41) is 10.3. The molecule has 0 atom stereocenters. The van der Waals surface area contributed by atoms with Gasteiger partial charge in [0.15, 0.2) is 10.6 Å². The first-order valence-corrected chi connectivity index (χ1v) is 9.10.